The van der Waals surface area contributed by atoms with Gasteiger partial charge in [0.05, 0.1) is 10.8 Å². The molecular formula is C14H21NOS. The predicted molar refractivity (Wildman–Crippen MR) is 72.6 cm³/mol. The van der Waals surface area contributed by atoms with E-state index in [1.54, 1.807) is 0 Å². The number of benzene rings is 1. The second kappa shape index (κ2) is 4.91. The molecule has 1 aliphatic heterocycles. The fraction of sp³-hybridized carbons (Fsp3) is 0.571. The van der Waals surface area contributed by atoms with Crippen LogP contribution in [0.5, 0.6) is 0 Å². The van der Waals surface area contributed by atoms with Gasteiger partial charge in [0, 0.05) is 16.2 Å². The average molecular weight is 251 g/mol. The maximum absolute atomic E-state index is 12.4. The Morgan fingerprint density at radius 3 is 2.71 bits per heavy atom. The van der Waals surface area contributed by atoms with E-state index < -0.39 is 10.8 Å². The molecule has 1 heterocycles. The van der Waals surface area contributed by atoms with Crippen molar-refractivity contribution in [1.82, 2.24) is 5.32 Å². The molecular weight excluding hydrogens is 230 g/mol. The number of rotatable bonds is 2. The second-order valence-electron chi connectivity index (χ2n) is 4.94. The highest BCUT2D eigenvalue weighted by Crippen LogP contribution is 2.38. The van der Waals surface area contributed by atoms with Crippen LogP contribution in [0.3, 0.4) is 0 Å². The van der Waals surface area contributed by atoms with E-state index in [2.05, 4.69) is 45.1 Å². The molecule has 0 saturated carbocycles. The zero-order valence-corrected chi connectivity index (χ0v) is 11.8. The van der Waals surface area contributed by atoms with Crippen LogP contribution in [0.2, 0.25) is 0 Å². The van der Waals surface area contributed by atoms with Crippen molar-refractivity contribution in [3.05, 3.63) is 29.3 Å². The molecule has 0 spiro atoms. The lowest BCUT2D eigenvalue weighted by Gasteiger charge is -2.36. The summed E-state index contributed by atoms with van der Waals surface area (Å²) in [6, 6.07) is 6.61. The molecule has 4 unspecified atom stereocenters. The summed E-state index contributed by atoms with van der Waals surface area (Å²) in [5.74, 6) is 0.407. The topological polar surface area (TPSA) is 29.1 Å². The molecule has 1 aliphatic rings. The van der Waals surface area contributed by atoms with Gasteiger partial charge in [0.1, 0.15) is 0 Å². The van der Waals surface area contributed by atoms with Gasteiger partial charge in [-0.2, -0.15) is 0 Å². The van der Waals surface area contributed by atoms with Crippen LogP contribution >= 0.6 is 0 Å². The predicted octanol–water partition coefficient (Wildman–Crippen LogP) is 2.79. The number of fused-ring (bicyclic) bond motifs is 1. The first kappa shape index (κ1) is 12.8. The largest absolute Gasteiger partial charge is 0.310 e. The summed E-state index contributed by atoms with van der Waals surface area (Å²) < 4.78 is 12.4. The third-order valence-electron chi connectivity index (χ3n) is 3.75. The highest BCUT2D eigenvalue weighted by Gasteiger charge is 2.35. The van der Waals surface area contributed by atoms with Crippen molar-refractivity contribution >= 4 is 10.8 Å². The van der Waals surface area contributed by atoms with E-state index in [0.29, 0.717) is 12.0 Å². The van der Waals surface area contributed by atoms with E-state index in [-0.39, 0.29) is 5.25 Å². The first-order valence-corrected chi connectivity index (χ1v) is 7.52. The minimum absolute atomic E-state index is 0.217. The lowest BCUT2D eigenvalue weighted by molar-refractivity contribution is 0.373. The van der Waals surface area contributed by atoms with Gasteiger partial charge in [-0.05, 0) is 31.0 Å². The minimum Gasteiger partial charge on any atom is -0.310 e. The second-order valence-corrected chi connectivity index (χ2v) is 6.72. The molecule has 0 radical (unpaired) electrons. The molecule has 1 aromatic rings. The normalized spacial score (nSPS) is 32.2. The van der Waals surface area contributed by atoms with Gasteiger partial charge in [0.2, 0.25) is 0 Å². The van der Waals surface area contributed by atoms with Gasteiger partial charge in [-0.3, -0.25) is 4.21 Å². The maximum atomic E-state index is 12.4. The number of hydrogen-bond acceptors (Lipinski definition) is 2. The summed E-state index contributed by atoms with van der Waals surface area (Å²) in [6.45, 7) is 9.45. The number of aryl methyl sites for hydroxylation is 1. The van der Waals surface area contributed by atoms with Crippen molar-refractivity contribution in [1.29, 1.82) is 0 Å². The molecule has 3 heteroatoms. The molecule has 0 aromatic heterocycles. The summed E-state index contributed by atoms with van der Waals surface area (Å²) in [4.78, 5) is 1.02. The minimum atomic E-state index is -0.863. The van der Waals surface area contributed by atoms with Crippen LogP contribution in [0.4, 0.5) is 0 Å². The van der Waals surface area contributed by atoms with Crippen molar-refractivity contribution < 1.29 is 4.21 Å². The molecule has 0 fully saturated rings. The molecule has 0 bridgehead atoms. The van der Waals surface area contributed by atoms with Gasteiger partial charge in [-0.25, -0.2) is 0 Å². The van der Waals surface area contributed by atoms with Crippen LogP contribution in [-0.2, 0) is 10.8 Å². The monoisotopic (exact) mass is 251 g/mol. The number of hydrogen-bond donors (Lipinski definition) is 1. The van der Waals surface area contributed by atoms with E-state index in [1.165, 1.54) is 11.1 Å². The smallest absolute Gasteiger partial charge is 0.0564 e. The lowest BCUT2D eigenvalue weighted by atomic mass is 9.90. The van der Waals surface area contributed by atoms with Gasteiger partial charge in [-0.1, -0.05) is 38.5 Å². The Hall–Kier alpha value is -0.670. The van der Waals surface area contributed by atoms with Gasteiger partial charge >= 0.3 is 0 Å². The summed E-state index contributed by atoms with van der Waals surface area (Å²) in [7, 11) is -0.863. The Morgan fingerprint density at radius 2 is 2.06 bits per heavy atom. The van der Waals surface area contributed by atoms with Gasteiger partial charge in [0.25, 0.3) is 0 Å². The third kappa shape index (κ3) is 2.18. The van der Waals surface area contributed by atoms with Gasteiger partial charge in [0.15, 0.2) is 0 Å². The summed E-state index contributed by atoms with van der Waals surface area (Å²) >= 11 is 0. The van der Waals surface area contributed by atoms with E-state index in [4.69, 9.17) is 0 Å². The molecule has 0 amide bonds. The Kier molecular flexibility index (Phi) is 3.69. The molecule has 17 heavy (non-hydrogen) atoms. The first-order chi connectivity index (χ1) is 8.06. The quantitative estimate of drug-likeness (QED) is 0.875. The standard InChI is InChI=1S/C14H21NOS/c1-5-15-14-10(3)11(4)17(16)13-7-6-9(2)8-12(13)14/h6-8,10-11,14-15H,5H2,1-4H3. The van der Waals surface area contributed by atoms with E-state index in [9.17, 15) is 4.21 Å². The van der Waals surface area contributed by atoms with Crippen LogP contribution in [0.25, 0.3) is 0 Å². The van der Waals surface area contributed by atoms with Gasteiger partial charge < -0.3 is 5.32 Å². The van der Waals surface area contributed by atoms with Crippen LogP contribution in [0.1, 0.15) is 37.9 Å². The Bertz CT molecular complexity index is 444. The molecule has 2 nitrogen and oxygen atoms in total. The first-order valence-electron chi connectivity index (χ1n) is 6.30. The van der Waals surface area contributed by atoms with Crippen LogP contribution in [0, 0.1) is 12.8 Å². The van der Waals surface area contributed by atoms with E-state index in [0.717, 1.165) is 11.4 Å². The van der Waals surface area contributed by atoms with Crippen LogP contribution in [-0.4, -0.2) is 16.0 Å². The highest BCUT2D eigenvalue weighted by atomic mass is 32.2. The van der Waals surface area contributed by atoms with Crippen molar-refractivity contribution in [3.63, 3.8) is 0 Å². The summed E-state index contributed by atoms with van der Waals surface area (Å²) in [6.07, 6.45) is 0. The molecule has 2 rings (SSSR count). The molecule has 1 N–H and O–H groups in total. The fourth-order valence-corrected chi connectivity index (χ4v) is 4.13. The Labute approximate surface area is 106 Å². The van der Waals surface area contributed by atoms with E-state index >= 15 is 0 Å². The van der Waals surface area contributed by atoms with Crippen molar-refractivity contribution in [2.24, 2.45) is 5.92 Å². The van der Waals surface area contributed by atoms with Crippen LogP contribution in [0.15, 0.2) is 23.1 Å². The fourth-order valence-electron chi connectivity index (χ4n) is 2.56. The molecule has 94 valence electrons. The zero-order valence-electron chi connectivity index (χ0n) is 11.0. The van der Waals surface area contributed by atoms with Crippen molar-refractivity contribution in [2.75, 3.05) is 6.54 Å². The Balaban J connectivity index is 2.52. The van der Waals surface area contributed by atoms with Gasteiger partial charge in [-0.15, -0.1) is 0 Å². The molecule has 0 saturated heterocycles. The SMILES string of the molecule is CCNC1c2cc(C)ccc2S(=O)C(C)C1C. The maximum Gasteiger partial charge on any atom is 0.0564 e. The molecule has 4 atom stereocenters. The Morgan fingerprint density at radius 1 is 1.35 bits per heavy atom. The molecule has 0 aliphatic carbocycles. The summed E-state index contributed by atoms with van der Waals surface area (Å²) in [5, 5.41) is 3.75. The number of nitrogens with one attached hydrogen (secondary N) is 1. The zero-order chi connectivity index (χ0) is 12.6. The van der Waals surface area contributed by atoms with E-state index in [1.807, 2.05) is 6.07 Å². The van der Waals surface area contributed by atoms with Crippen molar-refractivity contribution in [3.8, 4) is 0 Å². The third-order valence-corrected chi connectivity index (χ3v) is 5.65. The van der Waals surface area contributed by atoms with Crippen LogP contribution < -0.4 is 5.32 Å². The average Bonchev–Trinajstić information content (AvgIpc) is 2.32. The molecule has 1 aromatic carbocycles. The van der Waals surface area contributed by atoms with Crippen molar-refractivity contribution in [2.45, 2.75) is 43.9 Å². The summed E-state index contributed by atoms with van der Waals surface area (Å²) in [5.41, 5.74) is 2.47. The highest BCUT2D eigenvalue weighted by molar-refractivity contribution is 7.85. The lowest BCUT2D eigenvalue weighted by Crippen LogP contribution is -2.39.